The minimum atomic E-state index is -4.38. The first kappa shape index (κ1) is 24.0. The summed E-state index contributed by atoms with van der Waals surface area (Å²) < 4.78 is 66.3. The summed E-state index contributed by atoms with van der Waals surface area (Å²) in [6.07, 6.45) is -1.60. The van der Waals surface area contributed by atoms with Gasteiger partial charge in [0, 0.05) is 19.4 Å². The Bertz CT molecular complexity index is 1150. The SMILES string of the molecule is NCc1cnn2cc(C(NC(=O)c3cnn(CCC(F)(F)F)n3)C3CCC(F)(F)CC3)nc2c1. The van der Waals surface area contributed by atoms with Gasteiger partial charge in [0.25, 0.3) is 5.91 Å². The van der Waals surface area contributed by atoms with Gasteiger partial charge in [0.2, 0.25) is 5.92 Å². The number of imidazole rings is 1. The minimum absolute atomic E-state index is 0.158. The van der Waals surface area contributed by atoms with Gasteiger partial charge in [0.1, 0.15) is 0 Å². The second-order valence-electron chi connectivity index (χ2n) is 8.37. The molecule has 4 rings (SSSR count). The van der Waals surface area contributed by atoms with E-state index >= 15 is 0 Å². The molecule has 0 aromatic carbocycles. The number of fused-ring (bicyclic) bond motifs is 1. The van der Waals surface area contributed by atoms with Crippen LogP contribution in [0.15, 0.2) is 24.7 Å². The highest BCUT2D eigenvalue weighted by molar-refractivity contribution is 5.92. The number of hydrogen-bond acceptors (Lipinski definition) is 6. The zero-order chi connectivity index (χ0) is 24.5. The molecular formula is C20H23F5N8O. The third kappa shape index (κ3) is 5.66. The van der Waals surface area contributed by atoms with Crippen LogP contribution in [0.2, 0.25) is 0 Å². The van der Waals surface area contributed by atoms with Crippen LogP contribution in [-0.2, 0) is 13.1 Å². The molecule has 184 valence electrons. The van der Waals surface area contributed by atoms with E-state index in [1.807, 2.05) is 0 Å². The van der Waals surface area contributed by atoms with Gasteiger partial charge < -0.3 is 11.1 Å². The maximum absolute atomic E-state index is 13.8. The van der Waals surface area contributed by atoms with Crippen molar-refractivity contribution in [3.05, 3.63) is 41.6 Å². The van der Waals surface area contributed by atoms with E-state index in [0.717, 1.165) is 16.6 Å². The Balaban J connectivity index is 1.56. The molecule has 1 unspecified atom stereocenters. The number of carbonyl (C=O) groups excluding carboxylic acids is 1. The fraction of sp³-hybridized carbons (Fsp3) is 0.550. The third-order valence-electron chi connectivity index (χ3n) is 5.83. The average Bonchev–Trinajstić information content (AvgIpc) is 3.42. The number of nitrogens with zero attached hydrogens (tertiary/aromatic N) is 6. The van der Waals surface area contributed by atoms with E-state index in [4.69, 9.17) is 5.73 Å². The van der Waals surface area contributed by atoms with Crippen LogP contribution < -0.4 is 11.1 Å². The monoisotopic (exact) mass is 486 g/mol. The Labute approximate surface area is 190 Å². The number of amides is 1. The number of alkyl halides is 5. The molecule has 3 N–H and O–H groups in total. The van der Waals surface area contributed by atoms with Crippen molar-refractivity contribution >= 4 is 11.6 Å². The largest absolute Gasteiger partial charge is 0.390 e. The van der Waals surface area contributed by atoms with E-state index in [2.05, 4.69) is 25.6 Å². The first-order chi connectivity index (χ1) is 16.0. The highest BCUT2D eigenvalue weighted by atomic mass is 19.4. The summed E-state index contributed by atoms with van der Waals surface area (Å²) in [5.74, 6) is -3.78. The fourth-order valence-corrected chi connectivity index (χ4v) is 3.98. The molecule has 1 aliphatic carbocycles. The first-order valence-electron chi connectivity index (χ1n) is 10.7. The van der Waals surface area contributed by atoms with E-state index in [9.17, 15) is 26.7 Å². The van der Waals surface area contributed by atoms with Crippen LogP contribution in [0.5, 0.6) is 0 Å². The van der Waals surface area contributed by atoms with E-state index in [1.54, 1.807) is 18.5 Å². The molecule has 14 heteroatoms. The first-order valence-corrected chi connectivity index (χ1v) is 10.7. The summed E-state index contributed by atoms with van der Waals surface area (Å²) >= 11 is 0. The van der Waals surface area contributed by atoms with Crippen molar-refractivity contribution in [1.29, 1.82) is 0 Å². The summed E-state index contributed by atoms with van der Waals surface area (Å²) in [7, 11) is 0. The lowest BCUT2D eigenvalue weighted by molar-refractivity contribution is -0.137. The van der Waals surface area contributed by atoms with Crippen LogP contribution >= 0.6 is 0 Å². The number of halogens is 5. The van der Waals surface area contributed by atoms with Crippen molar-refractivity contribution in [2.24, 2.45) is 11.7 Å². The highest BCUT2D eigenvalue weighted by Crippen LogP contribution is 2.41. The Morgan fingerprint density at radius 2 is 1.97 bits per heavy atom. The second-order valence-corrected chi connectivity index (χ2v) is 8.37. The molecule has 1 amide bonds. The number of aromatic nitrogens is 6. The van der Waals surface area contributed by atoms with Crippen LogP contribution in [0.3, 0.4) is 0 Å². The standard InChI is InChI=1S/C20H23F5N8O/c21-19(22)3-1-13(2-4-19)17(15-11-32-16(29-15)7-12(8-26)9-27-32)30-18(34)14-10-28-33(31-14)6-5-20(23,24)25/h7,9-11,13,17H,1-6,8,26H2,(H,30,34). The van der Waals surface area contributed by atoms with Crippen molar-refractivity contribution in [2.75, 3.05) is 0 Å². The van der Waals surface area contributed by atoms with E-state index in [-0.39, 0.29) is 43.8 Å². The minimum Gasteiger partial charge on any atom is -0.342 e. The maximum Gasteiger partial charge on any atom is 0.390 e. The lowest BCUT2D eigenvalue weighted by Gasteiger charge is -2.33. The van der Waals surface area contributed by atoms with Crippen molar-refractivity contribution in [3.8, 4) is 0 Å². The van der Waals surface area contributed by atoms with Crippen LogP contribution in [-0.4, -0.2) is 47.6 Å². The molecule has 3 aromatic rings. The lowest BCUT2D eigenvalue weighted by Crippen LogP contribution is -2.37. The summed E-state index contributed by atoms with van der Waals surface area (Å²) in [4.78, 5) is 18.2. The molecule has 1 saturated carbocycles. The van der Waals surface area contributed by atoms with Gasteiger partial charge in [-0.3, -0.25) is 4.79 Å². The van der Waals surface area contributed by atoms with Crippen molar-refractivity contribution in [2.45, 2.75) is 63.3 Å². The molecular weight excluding hydrogens is 463 g/mol. The second kappa shape index (κ2) is 9.24. The molecule has 3 heterocycles. The third-order valence-corrected chi connectivity index (χ3v) is 5.83. The van der Waals surface area contributed by atoms with Gasteiger partial charge in [-0.25, -0.2) is 18.3 Å². The number of carbonyl (C=O) groups is 1. The van der Waals surface area contributed by atoms with Gasteiger partial charge in [0.15, 0.2) is 11.3 Å². The lowest BCUT2D eigenvalue weighted by atomic mass is 9.81. The zero-order valence-electron chi connectivity index (χ0n) is 18.0. The van der Waals surface area contributed by atoms with Crippen molar-refractivity contribution in [3.63, 3.8) is 0 Å². The summed E-state index contributed by atoms with van der Waals surface area (Å²) in [5.41, 5.74) is 7.12. The van der Waals surface area contributed by atoms with Crippen LogP contribution in [0.4, 0.5) is 22.0 Å². The normalized spacial score (nSPS) is 17.7. The predicted molar refractivity (Wildman–Crippen MR) is 109 cm³/mol. The Kier molecular flexibility index (Phi) is 6.51. The Morgan fingerprint density at radius 1 is 1.24 bits per heavy atom. The van der Waals surface area contributed by atoms with Gasteiger partial charge in [-0.2, -0.15) is 28.2 Å². The number of nitrogens with one attached hydrogen (secondary N) is 1. The topological polar surface area (TPSA) is 116 Å². The zero-order valence-corrected chi connectivity index (χ0v) is 18.0. The molecule has 0 saturated heterocycles. The molecule has 1 fully saturated rings. The summed E-state index contributed by atoms with van der Waals surface area (Å²) in [5, 5.41) is 14.5. The summed E-state index contributed by atoms with van der Waals surface area (Å²) in [6, 6.07) is 1.00. The van der Waals surface area contributed by atoms with E-state index in [1.165, 1.54) is 4.52 Å². The fourth-order valence-electron chi connectivity index (χ4n) is 3.98. The molecule has 34 heavy (non-hydrogen) atoms. The van der Waals surface area contributed by atoms with Gasteiger partial charge in [-0.15, -0.1) is 5.10 Å². The average molecular weight is 486 g/mol. The molecule has 1 aliphatic rings. The smallest absolute Gasteiger partial charge is 0.342 e. The predicted octanol–water partition coefficient (Wildman–Crippen LogP) is 3.03. The number of nitrogens with two attached hydrogens (primary N) is 1. The molecule has 0 radical (unpaired) electrons. The van der Waals surface area contributed by atoms with Gasteiger partial charge in [-0.05, 0) is 30.4 Å². The van der Waals surface area contributed by atoms with Crippen LogP contribution in [0.25, 0.3) is 5.65 Å². The van der Waals surface area contributed by atoms with Crippen LogP contribution in [0, 0.1) is 5.92 Å². The molecule has 9 nitrogen and oxygen atoms in total. The van der Waals surface area contributed by atoms with E-state index < -0.39 is 37.0 Å². The molecule has 1 atom stereocenters. The summed E-state index contributed by atoms with van der Waals surface area (Å²) in [6.45, 7) is -0.271. The van der Waals surface area contributed by atoms with Crippen LogP contribution in [0.1, 0.15) is 59.9 Å². The maximum atomic E-state index is 13.8. The van der Waals surface area contributed by atoms with Gasteiger partial charge >= 0.3 is 6.18 Å². The van der Waals surface area contributed by atoms with Gasteiger partial charge in [-0.1, -0.05) is 0 Å². The Morgan fingerprint density at radius 3 is 2.65 bits per heavy atom. The van der Waals surface area contributed by atoms with E-state index in [0.29, 0.717) is 11.3 Å². The molecule has 0 aliphatic heterocycles. The van der Waals surface area contributed by atoms with Crippen molar-refractivity contribution < 1.29 is 26.7 Å². The molecule has 0 spiro atoms. The number of rotatable bonds is 7. The number of aryl methyl sites for hydroxylation is 1. The molecule has 0 bridgehead atoms. The molecule has 3 aromatic heterocycles. The van der Waals surface area contributed by atoms with Gasteiger partial charge in [0.05, 0.1) is 43.3 Å². The quantitative estimate of drug-likeness (QED) is 0.496. The highest BCUT2D eigenvalue weighted by Gasteiger charge is 2.39. The number of hydrogen-bond donors (Lipinski definition) is 2. The van der Waals surface area contributed by atoms with Crippen molar-refractivity contribution in [1.82, 2.24) is 34.9 Å². The Hall–Kier alpha value is -3.16.